The Kier molecular flexibility index (Phi) is 5.12. The fraction of sp³-hybridized carbons (Fsp3) is 0.538. The second-order valence-corrected chi connectivity index (χ2v) is 4.27. The van der Waals surface area contributed by atoms with Crippen molar-refractivity contribution in [3.63, 3.8) is 0 Å². The van der Waals surface area contributed by atoms with Crippen LogP contribution < -0.4 is 15.8 Å². The fourth-order valence-corrected chi connectivity index (χ4v) is 1.63. The lowest BCUT2D eigenvalue weighted by atomic mass is 10.1. The molecule has 1 rings (SSSR count). The van der Waals surface area contributed by atoms with Gasteiger partial charge in [0, 0.05) is 6.54 Å². The first-order valence-corrected chi connectivity index (χ1v) is 5.76. The highest BCUT2D eigenvalue weighted by Crippen LogP contribution is 2.25. The van der Waals surface area contributed by atoms with Crippen molar-refractivity contribution in [2.75, 3.05) is 25.5 Å². The van der Waals surface area contributed by atoms with E-state index >= 15 is 0 Å². The summed E-state index contributed by atoms with van der Waals surface area (Å²) in [4.78, 5) is 0. The number of nitrogens with two attached hydrogens (primary N) is 1. The van der Waals surface area contributed by atoms with Crippen molar-refractivity contribution in [1.82, 2.24) is 0 Å². The highest BCUT2D eigenvalue weighted by atomic mass is 16.5. The average Bonchev–Trinajstić information content (AvgIpc) is 2.27. The van der Waals surface area contributed by atoms with Crippen molar-refractivity contribution in [3.8, 4) is 5.75 Å². The van der Waals surface area contributed by atoms with Gasteiger partial charge in [-0.2, -0.15) is 0 Å². The third kappa shape index (κ3) is 3.74. The largest absolute Gasteiger partial charge is 0.495 e. The minimum Gasteiger partial charge on any atom is -0.495 e. The molecule has 0 fully saturated rings. The van der Waals surface area contributed by atoms with Crippen LogP contribution in [0.25, 0.3) is 0 Å². The van der Waals surface area contributed by atoms with Crippen molar-refractivity contribution < 1.29 is 4.74 Å². The highest BCUT2D eigenvalue weighted by molar-refractivity contribution is 5.57. The summed E-state index contributed by atoms with van der Waals surface area (Å²) in [6.45, 7) is 5.95. The minimum atomic E-state index is 0.579. The number of anilines is 1. The normalized spacial score (nSPS) is 12.2. The van der Waals surface area contributed by atoms with Crippen LogP contribution in [0.4, 0.5) is 5.69 Å². The molecule has 1 unspecified atom stereocenters. The van der Waals surface area contributed by atoms with E-state index in [1.165, 1.54) is 5.56 Å². The number of hydrogen-bond acceptors (Lipinski definition) is 3. The van der Waals surface area contributed by atoms with Gasteiger partial charge in [-0.1, -0.05) is 13.0 Å². The minimum absolute atomic E-state index is 0.579. The standard InChI is InChI=1S/C13H22N2O/c1-10-4-5-13(16-3)12(8-10)15-9-11(2)6-7-14/h4-5,8,11,15H,6-7,9,14H2,1-3H3. The number of nitrogens with one attached hydrogen (secondary N) is 1. The maximum atomic E-state index is 5.53. The second-order valence-electron chi connectivity index (χ2n) is 4.27. The summed E-state index contributed by atoms with van der Waals surface area (Å²) in [7, 11) is 1.69. The average molecular weight is 222 g/mol. The van der Waals surface area contributed by atoms with E-state index in [4.69, 9.17) is 10.5 Å². The first kappa shape index (κ1) is 12.8. The Bertz CT molecular complexity index is 326. The van der Waals surface area contributed by atoms with Crippen LogP contribution in [0.5, 0.6) is 5.75 Å². The van der Waals surface area contributed by atoms with Gasteiger partial charge in [-0.3, -0.25) is 0 Å². The third-order valence-electron chi connectivity index (χ3n) is 2.66. The molecule has 0 aromatic heterocycles. The Labute approximate surface area is 98.0 Å². The molecule has 3 heteroatoms. The van der Waals surface area contributed by atoms with Gasteiger partial charge < -0.3 is 15.8 Å². The smallest absolute Gasteiger partial charge is 0.141 e. The van der Waals surface area contributed by atoms with E-state index in [1.54, 1.807) is 7.11 Å². The molecular weight excluding hydrogens is 200 g/mol. The Morgan fingerprint density at radius 1 is 1.44 bits per heavy atom. The van der Waals surface area contributed by atoms with E-state index in [-0.39, 0.29) is 0 Å². The summed E-state index contributed by atoms with van der Waals surface area (Å²) < 4.78 is 5.31. The van der Waals surface area contributed by atoms with Crippen LogP contribution in [0, 0.1) is 12.8 Å². The summed E-state index contributed by atoms with van der Waals surface area (Å²) in [6, 6.07) is 6.15. The Hall–Kier alpha value is -1.22. The van der Waals surface area contributed by atoms with E-state index in [9.17, 15) is 0 Å². The molecule has 0 amide bonds. The quantitative estimate of drug-likeness (QED) is 0.777. The van der Waals surface area contributed by atoms with Crippen LogP contribution in [0.3, 0.4) is 0 Å². The van der Waals surface area contributed by atoms with Crippen molar-refractivity contribution in [2.24, 2.45) is 11.7 Å². The van der Waals surface area contributed by atoms with Crippen molar-refractivity contribution in [2.45, 2.75) is 20.3 Å². The van der Waals surface area contributed by atoms with Gasteiger partial charge in [0.25, 0.3) is 0 Å². The van der Waals surface area contributed by atoms with E-state index in [2.05, 4.69) is 25.2 Å². The topological polar surface area (TPSA) is 47.3 Å². The van der Waals surface area contributed by atoms with Crippen LogP contribution in [-0.2, 0) is 0 Å². The molecule has 3 N–H and O–H groups in total. The number of rotatable bonds is 6. The lowest BCUT2D eigenvalue weighted by Crippen LogP contribution is -2.15. The summed E-state index contributed by atoms with van der Waals surface area (Å²) >= 11 is 0. The maximum absolute atomic E-state index is 5.53. The van der Waals surface area contributed by atoms with E-state index in [0.717, 1.165) is 30.9 Å². The molecule has 0 saturated carbocycles. The molecule has 90 valence electrons. The second kappa shape index (κ2) is 6.38. The molecule has 0 aliphatic heterocycles. The molecule has 1 atom stereocenters. The van der Waals surface area contributed by atoms with Gasteiger partial charge in [-0.05, 0) is 43.5 Å². The Morgan fingerprint density at radius 2 is 2.19 bits per heavy atom. The molecular formula is C13H22N2O. The molecule has 3 nitrogen and oxygen atoms in total. The van der Waals surface area contributed by atoms with E-state index in [1.807, 2.05) is 12.1 Å². The maximum Gasteiger partial charge on any atom is 0.141 e. The number of ether oxygens (including phenoxy) is 1. The van der Waals surface area contributed by atoms with Crippen molar-refractivity contribution >= 4 is 5.69 Å². The number of aryl methyl sites for hydroxylation is 1. The molecule has 0 spiro atoms. The summed E-state index contributed by atoms with van der Waals surface area (Å²) in [6.07, 6.45) is 1.04. The van der Waals surface area contributed by atoms with Gasteiger partial charge in [-0.25, -0.2) is 0 Å². The van der Waals surface area contributed by atoms with Crippen molar-refractivity contribution in [3.05, 3.63) is 23.8 Å². The summed E-state index contributed by atoms with van der Waals surface area (Å²) in [5.74, 6) is 1.47. The zero-order chi connectivity index (χ0) is 12.0. The summed E-state index contributed by atoms with van der Waals surface area (Å²) in [5, 5.41) is 3.41. The molecule has 0 aliphatic rings. The molecule has 0 heterocycles. The summed E-state index contributed by atoms with van der Waals surface area (Å²) in [5.41, 5.74) is 7.82. The number of methoxy groups -OCH3 is 1. The lowest BCUT2D eigenvalue weighted by Gasteiger charge is -2.15. The van der Waals surface area contributed by atoms with Crippen LogP contribution in [0.2, 0.25) is 0 Å². The molecule has 0 saturated heterocycles. The van der Waals surface area contributed by atoms with Gasteiger partial charge >= 0.3 is 0 Å². The van der Waals surface area contributed by atoms with Gasteiger partial charge in [0.05, 0.1) is 12.8 Å². The van der Waals surface area contributed by atoms with Gasteiger partial charge in [-0.15, -0.1) is 0 Å². The zero-order valence-electron chi connectivity index (χ0n) is 10.4. The zero-order valence-corrected chi connectivity index (χ0v) is 10.4. The molecule has 1 aromatic rings. The first-order valence-electron chi connectivity index (χ1n) is 5.76. The SMILES string of the molecule is COc1ccc(C)cc1NCC(C)CCN. The monoisotopic (exact) mass is 222 g/mol. The Balaban J connectivity index is 2.61. The van der Waals surface area contributed by atoms with Gasteiger partial charge in [0.2, 0.25) is 0 Å². The molecule has 1 aromatic carbocycles. The highest BCUT2D eigenvalue weighted by Gasteiger charge is 2.05. The van der Waals surface area contributed by atoms with Crippen LogP contribution in [-0.4, -0.2) is 20.2 Å². The fourth-order valence-electron chi connectivity index (χ4n) is 1.63. The predicted molar refractivity (Wildman–Crippen MR) is 69.1 cm³/mol. The van der Waals surface area contributed by atoms with Gasteiger partial charge in [0.1, 0.15) is 5.75 Å². The lowest BCUT2D eigenvalue weighted by molar-refractivity contribution is 0.416. The first-order chi connectivity index (χ1) is 7.67. The van der Waals surface area contributed by atoms with E-state index < -0.39 is 0 Å². The van der Waals surface area contributed by atoms with Crippen LogP contribution in [0.1, 0.15) is 18.9 Å². The molecule has 16 heavy (non-hydrogen) atoms. The van der Waals surface area contributed by atoms with Crippen molar-refractivity contribution in [1.29, 1.82) is 0 Å². The van der Waals surface area contributed by atoms with Crippen LogP contribution >= 0.6 is 0 Å². The Morgan fingerprint density at radius 3 is 2.81 bits per heavy atom. The number of hydrogen-bond donors (Lipinski definition) is 2. The van der Waals surface area contributed by atoms with Crippen LogP contribution in [0.15, 0.2) is 18.2 Å². The molecule has 0 bridgehead atoms. The number of benzene rings is 1. The predicted octanol–water partition coefficient (Wildman–Crippen LogP) is 2.40. The van der Waals surface area contributed by atoms with Gasteiger partial charge in [0.15, 0.2) is 0 Å². The van der Waals surface area contributed by atoms with E-state index in [0.29, 0.717) is 5.92 Å². The molecule has 0 aliphatic carbocycles. The molecule has 0 radical (unpaired) electrons. The third-order valence-corrected chi connectivity index (χ3v) is 2.66.